The van der Waals surface area contributed by atoms with Gasteiger partial charge in [0, 0.05) is 38.8 Å². The molecule has 1 N–H and O–H groups in total. The first-order valence-electron chi connectivity index (χ1n) is 10.3. The molecule has 0 saturated carbocycles. The summed E-state index contributed by atoms with van der Waals surface area (Å²) in [6.07, 6.45) is 6.52. The predicted octanol–water partition coefficient (Wildman–Crippen LogP) is 3.30. The molecule has 1 atom stereocenters. The van der Waals surface area contributed by atoms with Crippen molar-refractivity contribution < 1.29 is 4.74 Å². The quantitative estimate of drug-likeness (QED) is 0.821. The number of ether oxygens (including phenoxy) is 1. The van der Waals surface area contributed by atoms with Gasteiger partial charge in [0.05, 0.1) is 0 Å². The van der Waals surface area contributed by atoms with Gasteiger partial charge in [-0.15, -0.1) is 0 Å². The van der Waals surface area contributed by atoms with Gasteiger partial charge < -0.3 is 15.0 Å². The molecule has 140 valence electrons. The molecule has 4 heteroatoms. The van der Waals surface area contributed by atoms with Crippen LogP contribution < -0.4 is 10.1 Å². The lowest BCUT2D eigenvalue weighted by molar-refractivity contribution is 0.117. The summed E-state index contributed by atoms with van der Waals surface area (Å²) in [7, 11) is 0. The fourth-order valence-corrected chi connectivity index (χ4v) is 3.95. The van der Waals surface area contributed by atoms with E-state index in [4.69, 9.17) is 4.74 Å². The highest BCUT2D eigenvalue weighted by Crippen LogP contribution is 2.24. The van der Waals surface area contributed by atoms with E-state index in [2.05, 4.69) is 46.3 Å². The summed E-state index contributed by atoms with van der Waals surface area (Å²) >= 11 is 0. The highest BCUT2D eigenvalue weighted by atomic mass is 16.5. The molecule has 2 saturated heterocycles. The lowest BCUT2D eigenvalue weighted by Gasteiger charge is -2.34. The molecule has 2 heterocycles. The normalized spacial score (nSPS) is 23.3. The lowest BCUT2D eigenvalue weighted by atomic mass is 10.0. The van der Waals surface area contributed by atoms with Crippen LogP contribution in [0.15, 0.2) is 24.3 Å². The number of rotatable bonds is 7. The first-order valence-corrected chi connectivity index (χ1v) is 10.3. The molecule has 1 aromatic carbocycles. The molecule has 0 spiro atoms. The molecule has 3 rings (SSSR count). The first-order chi connectivity index (χ1) is 12.3. The van der Waals surface area contributed by atoms with E-state index in [1.54, 1.807) is 0 Å². The van der Waals surface area contributed by atoms with Gasteiger partial charge in [-0.25, -0.2) is 0 Å². The van der Waals surface area contributed by atoms with Crippen LogP contribution in [-0.4, -0.2) is 62.2 Å². The fraction of sp³-hybridized carbons (Fsp3) is 0.714. The smallest absolute Gasteiger partial charge is 0.119 e. The van der Waals surface area contributed by atoms with Crippen LogP contribution in [0.1, 0.15) is 50.6 Å². The van der Waals surface area contributed by atoms with E-state index in [0.717, 1.165) is 25.4 Å². The Morgan fingerprint density at radius 3 is 2.40 bits per heavy atom. The minimum Gasteiger partial charge on any atom is -0.492 e. The highest BCUT2D eigenvalue weighted by molar-refractivity contribution is 5.29. The number of hydrogen-bond acceptors (Lipinski definition) is 4. The van der Waals surface area contributed by atoms with Crippen LogP contribution in [0.3, 0.4) is 0 Å². The molecule has 2 aliphatic rings. The zero-order chi connectivity index (χ0) is 17.3. The van der Waals surface area contributed by atoms with Crippen molar-refractivity contribution in [2.24, 2.45) is 0 Å². The molecule has 1 unspecified atom stereocenters. The van der Waals surface area contributed by atoms with Gasteiger partial charge in [0.2, 0.25) is 0 Å². The standard InChI is InChI=1S/C21H35N3O/c1-2-12-23-13-15-24(16-14-23)17-18-25-20-9-7-19(8-10-20)21-6-4-3-5-11-22-21/h7-10,21-22H,2-6,11-18H2,1H3. The molecule has 1 aromatic rings. The van der Waals surface area contributed by atoms with E-state index < -0.39 is 0 Å². The van der Waals surface area contributed by atoms with E-state index in [1.165, 1.54) is 70.4 Å². The van der Waals surface area contributed by atoms with Gasteiger partial charge in [0.15, 0.2) is 0 Å². The highest BCUT2D eigenvalue weighted by Gasteiger charge is 2.16. The molecular formula is C21H35N3O. The number of benzene rings is 1. The summed E-state index contributed by atoms with van der Waals surface area (Å²) in [6, 6.07) is 9.28. The Labute approximate surface area is 153 Å². The van der Waals surface area contributed by atoms with E-state index in [-0.39, 0.29) is 0 Å². The summed E-state index contributed by atoms with van der Waals surface area (Å²) in [6.45, 7) is 11.2. The predicted molar refractivity (Wildman–Crippen MR) is 104 cm³/mol. The Hall–Kier alpha value is -1.10. The third-order valence-electron chi connectivity index (χ3n) is 5.52. The number of piperazine rings is 1. The van der Waals surface area contributed by atoms with Gasteiger partial charge in [-0.3, -0.25) is 4.90 Å². The number of nitrogens with zero attached hydrogens (tertiary/aromatic N) is 2. The second-order valence-electron chi connectivity index (χ2n) is 7.46. The van der Waals surface area contributed by atoms with Gasteiger partial charge in [0.1, 0.15) is 12.4 Å². The molecular weight excluding hydrogens is 310 g/mol. The van der Waals surface area contributed by atoms with Crippen molar-refractivity contribution in [1.29, 1.82) is 0 Å². The van der Waals surface area contributed by atoms with Crippen molar-refractivity contribution in [2.75, 3.05) is 52.4 Å². The van der Waals surface area contributed by atoms with Crippen molar-refractivity contribution in [3.63, 3.8) is 0 Å². The Kier molecular flexibility index (Phi) is 7.58. The summed E-state index contributed by atoms with van der Waals surface area (Å²) in [5.41, 5.74) is 1.40. The Balaban J connectivity index is 1.37. The van der Waals surface area contributed by atoms with Crippen molar-refractivity contribution in [2.45, 2.75) is 45.1 Å². The molecule has 2 aliphatic heterocycles. The Bertz CT molecular complexity index is 474. The van der Waals surface area contributed by atoms with Crippen LogP contribution in [0.25, 0.3) is 0 Å². The van der Waals surface area contributed by atoms with E-state index >= 15 is 0 Å². The van der Waals surface area contributed by atoms with Crippen LogP contribution in [0.5, 0.6) is 5.75 Å². The second-order valence-corrected chi connectivity index (χ2v) is 7.46. The lowest BCUT2D eigenvalue weighted by Crippen LogP contribution is -2.47. The van der Waals surface area contributed by atoms with E-state index in [0.29, 0.717) is 6.04 Å². The SMILES string of the molecule is CCCN1CCN(CCOc2ccc(C3CCCCCN3)cc2)CC1. The number of hydrogen-bond donors (Lipinski definition) is 1. The van der Waals surface area contributed by atoms with Gasteiger partial charge in [-0.2, -0.15) is 0 Å². The zero-order valence-electron chi connectivity index (χ0n) is 15.9. The zero-order valence-corrected chi connectivity index (χ0v) is 15.9. The molecule has 25 heavy (non-hydrogen) atoms. The largest absolute Gasteiger partial charge is 0.492 e. The van der Waals surface area contributed by atoms with Crippen LogP contribution in [-0.2, 0) is 0 Å². The second kappa shape index (κ2) is 10.1. The molecule has 4 nitrogen and oxygen atoms in total. The summed E-state index contributed by atoms with van der Waals surface area (Å²) in [5.74, 6) is 1.00. The average molecular weight is 346 g/mol. The minimum atomic E-state index is 0.524. The third kappa shape index (κ3) is 5.98. The van der Waals surface area contributed by atoms with Crippen LogP contribution in [0.4, 0.5) is 0 Å². The maximum Gasteiger partial charge on any atom is 0.119 e. The molecule has 0 aliphatic carbocycles. The molecule has 0 bridgehead atoms. The maximum atomic E-state index is 5.97. The minimum absolute atomic E-state index is 0.524. The van der Waals surface area contributed by atoms with E-state index in [1.807, 2.05) is 0 Å². The summed E-state index contributed by atoms with van der Waals surface area (Å²) in [5, 5.41) is 3.66. The Morgan fingerprint density at radius 2 is 1.68 bits per heavy atom. The van der Waals surface area contributed by atoms with Gasteiger partial charge in [-0.05, 0) is 50.0 Å². The van der Waals surface area contributed by atoms with Crippen LogP contribution in [0, 0.1) is 0 Å². The van der Waals surface area contributed by atoms with Crippen LogP contribution in [0.2, 0.25) is 0 Å². The molecule has 0 radical (unpaired) electrons. The molecule has 2 fully saturated rings. The first kappa shape index (κ1) is 18.7. The van der Waals surface area contributed by atoms with Gasteiger partial charge in [-0.1, -0.05) is 31.9 Å². The van der Waals surface area contributed by atoms with Crippen molar-refractivity contribution in [1.82, 2.24) is 15.1 Å². The maximum absolute atomic E-state index is 5.97. The summed E-state index contributed by atoms with van der Waals surface area (Å²) in [4.78, 5) is 5.09. The number of nitrogens with one attached hydrogen (secondary N) is 1. The van der Waals surface area contributed by atoms with E-state index in [9.17, 15) is 0 Å². The topological polar surface area (TPSA) is 27.7 Å². The average Bonchev–Trinajstić information content (AvgIpc) is 2.93. The van der Waals surface area contributed by atoms with Gasteiger partial charge >= 0.3 is 0 Å². The van der Waals surface area contributed by atoms with Crippen molar-refractivity contribution >= 4 is 0 Å². The fourth-order valence-electron chi connectivity index (χ4n) is 3.95. The van der Waals surface area contributed by atoms with Crippen LogP contribution >= 0.6 is 0 Å². The third-order valence-corrected chi connectivity index (χ3v) is 5.52. The summed E-state index contributed by atoms with van der Waals surface area (Å²) < 4.78 is 5.97. The monoisotopic (exact) mass is 345 g/mol. The van der Waals surface area contributed by atoms with Crippen molar-refractivity contribution in [3.8, 4) is 5.75 Å². The Morgan fingerprint density at radius 1 is 0.960 bits per heavy atom. The molecule has 0 amide bonds. The van der Waals surface area contributed by atoms with Gasteiger partial charge in [0.25, 0.3) is 0 Å². The molecule has 0 aromatic heterocycles. The van der Waals surface area contributed by atoms with Crippen molar-refractivity contribution in [3.05, 3.63) is 29.8 Å².